The van der Waals surface area contributed by atoms with Gasteiger partial charge in [-0.25, -0.2) is 9.97 Å². The molecule has 2 aliphatic heterocycles. The summed E-state index contributed by atoms with van der Waals surface area (Å²) in [6.45, 7) is 5.52. The molecular weight excluding hydrogens is 534 g/mol. The lowest BCUT2D eigenvalue weighted by Gasteiger charge is -2.36. The third-order valence-corrected chi connectivity index (χ3v) is 7.28. The maximum Gasteiger partial charge on any atom is 0.228 e. The Morgan fingerprint density at radius 1 is 1.07 bits per heavy atom. The maximum absolute atomic E-state index is 13.3. The Morgan fingerprint density at radius 3 is 2.55 bits per heavy atom. The lowest BCUT2D eigenvalue weighted by atomic mass is 10.1. The van der Waals surface area contributed by atoms with Gasteiger partial charge in [0.2, 0.25) is 17.7 Å². The average molecular weight is 566 g/mol. The molecule has 12 heteroatoms. The van der Waals surface area contributed by atoms with Crippen molar-refractivity contribution in [3.8, 4) is 11.4 Å². The number of hydrogen-bond donors (Lipinski definition) is 2. The SMILES string of the molecule is CC(=O)NCCNc1cc(N2CCN(C(=O)C3CC(=O)N(Cc4ccco4)C3)CC2)nc(-c2ccc(Cl)cc2)n1. The lowest BCUT2D eigenvalue weighted by molar-refractivity contribution is -0.136. The number of carbonyl (C=O) groups is 3. The number of benzene rings is 1. The van der Waals surface area contributed by atoms with Crippen LogP contribution in [0.15, 0.2) is 53.1 Å². The standard InChI is InChI=1S/C28H32ClN7O4/c1-19(37)30-8-9-31-24-16-25(33-27(32-24)20-4-6-22(29)7-5-20)34-10-12-35(13-11-34)28(39)21-15-26(38)36(17-21)18-23-3-2-14-40-23/h2-7,14,16,21H,8-13,15,17-18H2,1H3,(H,30,37)(H,31,32,33). The van der Waals surface area contributed by atoms with Gasteiger partial charge in [0.05, 0.1) is 18.7 Å². The van der Waals surface area contributed by atoms with Crippen molar-refractivity contribution in [1.29, 1.82) is 0 Å². The van der Waals surface area contributed by atoms with Crippen molar-refractivity contribution in [2.24, 2.45) is 5.92 Å². The van der Waals surface area contributed by atoms with Crippen LogP contribution in [0.2, 0.25) is 5.02 Å². The molecule has 0 bridgehead atoms. The number of nitrogens with one attached hydrogen (secondary N) is 2. The molecule has 2 N–H and O–H groups in total. The van der Waals surface area contributed by atoms with Crippen molar-refractivity contribution in [2.75, 3.05) is 56.0 Å². The van der Waals surface area contributed by atoms with Gasteiger partial charge in [0.1, 0.15) is 17.4 Å². The number of aromatic nitrogens is 2. The van der Waals surface area contributed by atoms with Crippen molar-refractivity contribution >= 4 is 41.0 Å². The first-order chi connectivity index (χ1) is 19.4. The molecule has 0 saturated carbocycles. The number of rotatable bonds is 9. The molecule has 0 aliphatic carbocycles. The first-order valence-electron chi connectivity index (χ1n) is 13.3. The van der Waals surface area contributed by atoms with Crippen molar-refractivity contribution in [3.63, 3.8) is 0 Å². The molecule has 4 heterocycles. The summed E-state index contributed by atoms with van der Waals surface area (Å²) in [5.74, 6) is 2.20. The quantitative estimate of drug-likeness (QED) is 0.380. The third kappa shape index (κ3) is 6.71. The van der Waals surface area contributed by atoms with E-state index in [1.807, 2.05) is 29.2 Å². The van der Waals surface area contributed by atoms with Gasteiger partial charge in [0.25, 0.3) is 0 Å². The molecule has 11 nitrogen and oxygen atoms in total. The van der Waals surface area contributed by atoms with Crippen molar-refractivity contribution in [2.45, 2.75) is 19.9 Å². The monoisotopic (exact) mass is 565 g/mol. The average Bonchev–Trinajstić information content (AvgIpc) is 3.61. The molecular formula is C28H32ClN7O4. The third-order valence-electron chi connectivity index (χ3n) is 7.03. The lowest BCUT2D eigenvalue weighted by Crippen LogP contribution is -2.51. The molecule has 2 saturated heterocycles. The minimum atomic E-state index is -0.344. The second kappa shape index (κ2) is 12.4. The molecule has 2 aliphatic rings. The van der Waals surface area contributed by atoms with E-state index in [-0.39, 0.29) is 30.1 Å². The molecule has 0 spiro atoms. The van der Waals surface area contributed by atoms with E-state index in [2.05, 4.69) is 20.5 Å². The fourth-order valence-corrected chi connectivity index (χ4v) is 5.07. The van der Waals surface area contributed by atoms with Crippen LogP contribution in [-0.4, -0.2) is 83.3 Å². The number of piperazine rings is 1. The molecule has 40 heavy (non-hydrogen) atoms. The van der Waals surface area contributed by atoms with Crippen LogP contribution in [0.1, 0.15) is 19.1 Å². The topological polar surface area (TPSA) is 124 Å². The number of furan rings is 1. The number of likely N-dealkylation sites (tertiary alicyclic amines) is 1. The predicted molar refractivity (Wildman–Crippen MR) is 151 cm³/mol. The van der Waals surface area contributed by atoms with E-state index >= 15 is 0 Å². The Balaban J connectivity index is 1.23. The van der Waals surface area contributed by atoms with E-state index in [9.17, 15) is 14.4 Å². The molecule has 210 valence electrons. The zero-order valence-electron chi connectivity index (χ0n) is 22.3. The molecule has 3 amide bonds. The highest BCUT2D eigenvalue weighted by Crippen LogP contribution is 2.26. The highest BCUT2D eigenvalue weighted by atomic mass is 35.5. The fourth-order valence-electron chi connectivity index (χ4n) is 4.94. The molecule has 1 unspecified atom stereocenters. The summed E-state index contributed by atoms with van der Waals surface area (Å²) in [7, 11) is 0. The Labute approximate surface area is 237 Å². The van der Waals surface area contributed by atoms with Gasteiger partial charge in [-0.05, 0) is 36.4 Å². The van der Waals surface area contributed by atoms with Crippen LogP contribution in [0.3, 0.4) is 0 Å². The van der Waals surface area contributed by atoms with E-state index in [1.54, 1.807) is 29.4 Å². The van der Waals surface area contributed by atoms with Gasteiger partial charge in [-0.2, -0.15) is 0 Å². The molecule has 2 aromatic heterocycles. The van der Waals surface area contributed by atoms with E-state index in [4.69, 9.17) is 21.0 Å². The van der Waals surface area contributed by atoms with Crippen LogP contribution in [-0.2, 0) is 20.9 Å². The minimum absolute atomic E-state index is 0.0137. The Morgan fingerprint density at radius 2 is 1.85 bits per heavy atom. The highest BCUT2D eigenvalue weighted by molar-refractivity contribution is 6.30. The zero-order valence-corrected chi connectivity index (χ0v) is 23.1. The van der Waals surface area contributed by atoms with Crippen LogP contribution in [0, 0.1) is 5.92 Å². The summed E-state index contributed by atoms with van der Waals surface area (Å²) in [5.41, 5.74) is 0.829. The van der Waals surface area contributed by atoms with Gasteiger partial charge in [-0.15, -0.1) is 0 Å². The zero-order chi connectivity index (χ0) is 28.1. The van der Waals surface area contributed by atoms with E-state index in [0.29, 0.717) is 74.8 Å². The summed E-state index contributed by atoms with van der Waals surface area (Å²) in [6.07, 6.45) is 1.81. The molecule has 2 fully saturated rings. The largest absolute Gasteiger partial charge is 0.467 e. The second-order valence-electron chi connectivity index (χ2n) is 9.92. The Bertz CT molecular complexity index is 1340. The van der Waals surface area contributed by atoms with Gasteiger partial charge < -0.3 is 29.8 Å². The van der Waals surface area contributed by atoms with Gasteiger partial charge >= 0.3 is 0 Å². The summed E-state index contributed by atoms with van der Waals surface area (Å²) in [5, 5.41) is 6.65. The summed E-state index contributed by atoms with van der Waals surface area (Å²) < 4.78 is 5.36. The van der Waals surface area contributed by atoms with Crippen molar-refractivity contribution in [3.05, 3.63) is 59.5 Å². The normalized spacial score (nSPS) is 17.3. The first kappa shape index (κ1) is 27.4. The minimum Gasteiger partial charge on any atom is -0.467 e. The van der Waals surface area contributed by atoms with E-state index in [0.717, 1.165) is 11.4 Å². The fraction of sp³-hybridized carbons (Fsp3) is 0.393. The number of halogens is 1. The number of nitrogens with zero attached hydrogens (tertiary/aromatic N) is 5. The van der Waals surface area contributed by atoms with Gasteiger partial charge in [0.15, 0.2) is 5.82 Å². The smallest absolute Gasteiger partial charge is 0.228 e. The molecule has 3 aromatic rings. The van der Waals surface area contributed by atoms with E-state index < -0.39 is 0 Å². The summed E-state index contributed by atoms with van der Waals surface area (Å²) >= 11 is 6.07. The molecule has 5 rings (SSSR count). The van der Waals surface area contributed by atoms with Crippen LogP contribution < -0.4 is 15.5 Å². The van der Waals surface area contributed by atoms with Crippen molar-refractivity contribution in [1.82, 2.24) is 25.1 Å². The van der Waals surface area contributed by atoms with Crippen LogP contribution in [0.25, 0.3) is 11.4 Å². The Kier molecular flexibility index (Phi) is 8.49. The first-order valence-corrected chi connectivity index (χ1v) is 13.7. The maximum atomic E-state index is 13.3. The van der Waals surface area contributed by atoms with Crippen LogP contribution in [0.4, 0.5) is 11.6 Å². The van der Waals surface area contributed by atoms with Crippen LogP contribution in [0.5, 0.6) is 0 Å². The Hall–Kier alpha value is -4.12. The number of anilines is 2. The summed E-state index contributed by atoms with van der Waals surface area (Å²) in [4.78, 5) is 52.2. The second-order valence-corrected chi connectivity index (χ2v) is 10.4. The van der Waals surface area contributed by atoms with Crippen molar-refractivity contribution < 1.29 is 18.8 Å². The van der Waals surface area contributed by atoms with E-state index in [1.165, 1.54) is 6.92 Å². The number of amides is 3. The highest BCUT2D eigenvalue weighted by Gasteiger charge is 2.37. The van der Waals surface area contributed by atoms with Gasteiger partial charge in [0, 0.05) is 75.8 Å². The summed E-state index contributed by atoms with van der Waals surface area (Å²) in [6, 6.07) is 12.8. The van der Waals surface area contributed by atoms with Crippen LogP contribution >= 0.6 is 11.6 Å². The van der Waals surface area contributed by atoms with Gasteiger partial charge in [-0.3, -0.25) is 14.4 Å². The molecule has 0 radical (unpaired) electrons. The number of hydrogen-bond acceptors (Lipinski definition) is 8. The molecule has 1 atom stereocenters. The number of carbonyl (C=O) groups excluding carboxylic acids is 3. The van der Waals surface area contributed by atoms with Gasteiger partial charge in [-0.1, -0.05) is 11.6 Å². The predicted octanol–water partition coefficient (Wildman–Crippen LogP) is 2.64. The molecule has 1 aromatic carbocycles.